The van der Waals surface area contributed by atoms with E-state index in [2.05, 4.69) is 9.89 Å². The summed E-state index contributed by atoms with van der Waals surface area (Å²) in [6, 6.07) is 15.3. The fourth-order valence-electron chi connectivity index (χ4n) is 2.43. The maximum absolute atomic E-state index is 12.2. The van der Waals surface area contributed by atoms with E-state index in [0.717, 1.165) is 17.1 Å². The molecule has 0 radical (unpaired) electrons. The molecule has 126 valence electrons. The number of alkyl halides is 3. The molecular weight excluding hydrogens is 321 g/mol. The van der Waals surface area contributed by atoms with Gasteiger partial charge in [0.1, 0.15) is 5.75 Å². The number of amidine groups is 1. The van der Waals surface area contributed by atoms with E-state index in [9.17, 15) is 13.2 Å². The molecular formula is C17H15F3N2O2. The smallest absolute Gasteiger partial charge is 0.406 e. The van der Waals surface area contributed by atoms with E-state index in [4.69, 9.17) is 4.84 Å². The second kappa shape index (κ2) is 6.43. The van der Waals surface area contributed by atoms with Gasteiger partial charge in [0.25, 0.3) is 0 Å². The summed E-state index contributed by atoms with van der Waals surface area (Å²) in [6.45, 7) is 0. The topological polar surface area (TPSA) is 34.1 Å². The third kappa shape index (κ3) is 3.79. The van der Waals surface area contributed by atoms with Gasteiger partial charge in [0.2, 0.25) is 0 Å². The van der Waals surface area contributed by atoms with Gasteiger partial charge in [0.15, 0.2) is 11.9 Å². The van der Waals surface area contributed by atoms with E-state index in [-0.39, 0.29) is 11.9 Å². The molecule has 24 heavy (non-hydrogen) atoms. The molecule has 1 aliphatic rings. The molecule has 1 aliphatic heterocycles. The Kier molecular flexibility index (Phi) is 4.33. The number of nitrogens with zero attached hydrogens (tertiary/aromatic N) is 2. The second-order valence-electron chi connectivity index (χ2n) is 5.32. The first kappa shape index (κ1) is 16.2. The van der Waals surface area contributed by atoms with Crippen molar-refractivity contribution in [3.05, 3.63) is 60.2 Å². The van der Waals surface area contributed by atoms with E-state index in [0.29, 0.717) is 6.42 Å². The Hall–Kier alpha value is -2.70. The van der Waals surface area contributed by atoms with Crippen LogP contribution in [0.2, 0.25) is 0 Å². The fourth-order valence-corrected chi connectivity index (χ4v) is 2.43. The zero-order valence-electron chi connectivity index (χ0n) is 12.8. The lowest BCUT2D eigenvalue weighted by Gasteiger charge is -2.17. The van der Waals surface area contributed by atoms with Gasteiger partial charge >= 0.3 is 6.36 Å². The molecule has 0 saturated carbocycles. The number of ether oxygens (including phenoxy) is 1. The highest BCUT2D eigenvalue weighted by Crippen LogP contribution is 2.31. The highest BCUT2D eigenvalue weighted by atomic mass is 19.4. The molecule has 0 amide bonds. The molecule has 0 aromatic heterocycles. The van der Waals surface area contributed by atoms with Crippen LogP contribution in [0.5, 0.6) is 5.75 Å². The second-order valence-corrected chi connectivity index (χ2v) is 5.32. The van der Waals surface area contributed by atoms with Gasteiger partial charge in [-0.2, -0.15) is 0 Å². The zero-order valence-corrected chi connectivity index (χ0v) is 12.8. The minimum absolute atomic E-state index is 0.258. The Labute approximate surface area is 137 Å². The van der Waals surface area contributed by atoms with E-state index in [1.807, 2.05) is 42.3 Å². The maximum Gasteiger partial charge on any atom is 0.573 e. The summed E-state index contributed by atoms with van der Waals surface area (Å²) in [5, 5.41) is 4.08. The van der Waals surface area contributed by atoms with Crippen LogP contribution in [0.15, 0.2) is 59.8 Å². The van der Waals surface area contributed by atoms with Crippen LogP contribution in [0, 0.1) is 0 Å². The Balaban J connectivity index is 1.64. The lowest BCUT2D eigenvalue weighted by Crippen LogP contribution is -2.24. The van der Waals surface area contributed by atoms with Gasteiger partial charge in [-0.05, 0) is 29.8 Å². The summed E-state index contributed by atoms with van der Waals surface area (Å²) >= 11 is 0. The summed E-state index contributed by atoms with van der Waals surface area (Å²) in [5.74, 6) is 0.494. The Morgan fingerprint density at radius 1 is 1.08 bits per heavy atom. The van der Waals surface area contributed by atoms with Gasteiger partial charge in [-0.3, -0.25) is 0 Å². The SMILES string of the molecule is CN(C1=NO[C@H](c2ccc(OC(F)(F)F)cc2)C1)c1ccccc1. The van der Waals surface area contributed by atoms with E-state index in [1.165, 1.54) is 12.1 Å². The molecule has 0 aliphatic carbocycles. The average molecular weight is 336 g/mol. The number of rotatable bonds is 3. The number of oxime groups is 1. The number of benzene rings is 2. The molecule has 3 rings (SSSR count). The standard InChI is InChI=1S/C17H15F3N2O2/c1-22(13-5-3-2-4-6-13)16-11-15(24-21-16)12-7-9-14(10-8-12)23-17(18,19)20/h2-10,15H,11H2,1H3/t15-/m0/s1. The lowest BCUT2D eigenvalue weighted by atomic mass is 10.1. The van der Waals surface area contributed by atoms with Gasteiger partial charge < -0.3 is 14.5 Å². The van der Waals surface area contributed by atoms with Crippen molar-refractivity contribution in [1.29, 1.82) is 0 Å². The molecule has 0 N–H and O–H groups in total. The first-order valence-corrected chi connectivity index (χ1v) is 7.29. The third-order valence-electron chi connectivity index (χ3n) is 3.67. The molecule has 0 unspecified atom stereocenters. The number of para-hydroxylation sites is 1. The normalized spacial score (nSPS) is 17.2. The molecule has 4 nitrogen and oxygen atoms in total. The number of anilines is 1. The fraction of sp³-hybridized carbons (Fsp3) is 0.235. The van der Waals surface area contributed by atoms with Crippen LogP contribution in [0.1, 0.15) is 18.1 Å². The van der Waals surface area contributed by atoms with E-state index >= 15 is 0 Å². The summed E-state index contributed by atoms with van der Waals surface area (Å²) < 4.78 is 40.4. The summed E-state index contributed by atoms with van der Waals surface area (Å²) in [4.78, 5) is 7.34. The van der Waals surface area contributed by atoms with Gasteiger partial charge in [-0.15, -0.1) is 13.2 Å². The summed E-state index contributed by atoms with van der Waals surface area (Å²) in [5.41, 5.74) is 1.72. The quantitative estimate of drug-likeness (QED) is 0.828. The Morgan fingerprint density at radius 3 is 2.38 bits per heavy atom. The van der Waals surface area contributed by atoms with Crippen molar-refractivity contribution in [2.24, 2.45) is 5.16 Å². The van der Waals surface area contributed by atoms with Crippen LogP contribution in [0.3, 0.4) is 0 Å². The van der Waals surface area contributed by atoms with E-state index in [1.54, 1.807) is 12.1 Å². The molecule has 0 saturated heterocycles. The van der Waals surface area contributed by atoms with Crippen molar-refractivity contribution < 1.29 is 22.7 Å². The molecule has 2 aromatic carbocycles. The molecule has 0 bridgehead atoms. The largest absolute Gasteiger partial charge is 0.573 e. The van der Waals surface area contributed by atoms with Crippen molar-refractivity contribution >= 4 is 11.5 Å². The van der Waals surface area contributed by atoms with E-state index < -0.39 is 6.36 Å². The third-order valence-corrected chi connectivity index (χ3v) is 3.67. The minimum atomic E-state index is -4.69. The molecule has 1 heterocycles. The monoisotopic (exact) mass is 336 g/mol. The predicted octanol–water partition coefficient (Wildman–Crippen LogP) is 4.50. The van der Waals surface area contributed by atoms with Gasteiger partial charge in [0, 0.05) is 12.7 Å². The molecule has 0 spiro atoms. The van der Waals surface area contributed by atoms with Crippen LogP contribution in [-0.2, 0) is 4.84 Å². The highest BCUT2D eigenvalue weighted by molar-refractivity contribution is 5.98. The lowest BCUT2D eigenvalue weighted by molar-refractivity contribution is -0.274. The van der Waals surface area contributed by atoms with Crippen molar-refractivity contribution in [2.75, 3.05) is 11.9 Å². The summed E-state index contributed by atoms with van der Waals surface area (Å²) in [6.07, 6.45) is -4.49. The Bertz CT molecular complexity index is 715. The van der Waals surface area contributed by atoms with Gasteiger partial charge in [0.05, 0.1) is 6.42 Å². The van der Waals surface area contributed by atoms with Crippen LogP contribution >= 0.6 is 0 Å². The molecule has 0 fully saturated rings. The minimum Gasteiger partial charge on any atom is -0.406 e. The van der Waals surface area contributed by atoms with Crippen molar-refractivity contribution in [1.82, 2.24) is 0 Å². The summed E-state index contributed by atoms with van der Waals surface area (Å²) in [7, 11) is 1.89. The zero-order chi connectivity index (χ0) is 17.2. The van der Waals surface area contributed by atoms with Crippen LogP contribution in [-0.4, -0.2) is 19.2 Å². The molecule has 7 heteroatoms. The number of hydrogen-bond acceptors (Lipinski definition) is 4. The van der Waals surface area contributed by atoms with Crippen molar-refractivity contribution in [3.63, 3.8) is 0 Å². The van der Waals surface area contributed by atoms with Gasteiger partial charge in [-0.25, -0.2) is 0 Å². The first-order chi connectivity index (χ1) is 11.4. The Morgan fingerprint density at radius 2 is 1.75 bits per heavy atom. The molecule has 1 atom stereocenters. The maximum atomic E-state index is 12.2. The van der Waals surface area contributed by atoms with Crippen LogP contribution in [0.25, 0.3) is 0 Å². The predicted molar refractivity (Wildman–Crippen MR) is 83.8 cm³/mol. The number of halogens is 3. The average Bonchev–Trinajstić information content (AvgIpc) is 3.04. The number of hydrogen-bond donors (Lipinski definition) is 0. The van der Waals surface area contributed by atoms with Crippen molar-refractivity contribution in [2.45, 2.75) is 18.9 Å². The van der Waals surface area contributed by atoms with Crippen LogP contribution < -0.4 is 9.64 Å². The highest BCUT2D eigenvalue weighted by Gasteiger charge is 2.31. The van der Waals surface area contributed by atoms with Gasteiger partial charge in [-0.1, -0.05) is 35.5 Å². The first-order valence-electron chi connectivity index (χ1n) is 7.29. The van der Waals surface area contributed by atoms with Crippen molar-refractivity contribution in [3.8, 4) is 5.75 Å². The molecule has 2 aromatic rings. The van der Waals surface area contributed by atoms with Crippen LogP contribution in [0.4, 0.5) is 18.9 Å².